The second kappa shape index (κ2) is 5.52. The van der Waals surface area contributed by atoms with Crippen LogP contribution in [0.3, 0.4) is 0 Å². The summed E-state index contributed by atoms with van der Waals surface area (Å²) >= 11 is 0. The van der Waals surface area contributed by atoms with E-state index in [9.17, 15) is 13.2 Å². The van der Waals surface area contributed by atoms with Crippen LogP contribution in [0.25, 0.3) is 5.82 Å². The third-order valence-corrected chi connectivity index (χ3v) is 5.86. The van der Waals surface area contributed by atoms with Crippen LogP contribution in [0.4, 0.5) is 0 Å². The summed E-state index contributed by atoms with van der Waals surface area (Å²) in [5.74, 6) is 1.20. The Kier molecular flexibility index (Phi) is 3.79. The van der Waals surface area contributed by atoms with Gasteiger partial charge in [0.2, 0.25) is 0 Å². The lowest BCUT2D eigenvalue weighted by Crippen LogP contribution is -2.35. The standard InChI is InChI=1S/C15H19N3O4S/c1-9-6-13(11(3)18(9)14-7-10(2)22-17-14)15(19)16-12-4-5-23(20,21)8-12/h6-7,12H,4-5,8H2,1-3H3,(H,16,19). The fourth-order valence-corrected chi connectivity index (χ4v) is 4.65. The highest BCUT2D eigenvalue weighted by atomic mass is 32.2. The van der Waals surface area contributed by atoms with E-state index in [0.29, 0.717) is 23.6 Å². The molecule has 2 aromatic rings. The van der Waals surface area contributed by atoms with Crippen LogP contribution in [0.15, 0.2) is 16.7 Å². The van der Waals surface area contributed by atoms with E-state index in [2.05, 4.69) is 10.5 Å². The van der Waals surface area contributed by atoms with Gasteiger partial charge in [-0.2, -0.15) is 0 Å². The monoisotopic (exact) mass is 337 g/mol. The van der Waals surface area contributed by atoms with Crippen LogP contribution >= 0.6 is 0 Å². The fourth-order valence-electron chi connectivity index (χ4n) is 2.98. The number of nitrogens with zero attached hydrogens (tertiary/aromatic N) is 2. The zero-order chi connectivity index (χ0) is 16.8. The van der Waals surface area contributed by atoms with Crippen LogP contribution in [0.5, 0.6) is 0 Å². The summed E-state index contributed by atoms with van der Waals surface area (Å²) in [5, 5.41) is 6.79. The second-order valence-electron chi connectivity index (χ2n) is 5.99. The molecule has 0 radical (unpaired) electrons. The van der Waals surface area contributed by atoms with E-state index in [1.807, 2.05) is 18.4 Å². The van der Waals surface area contributed by atoms with Gasteiger partial charge in [0.1, 0.15) is 5.76 Å². The molecule has 0 aliphatic carbocycles. The molecule has 0 spiro atoms. The van der Waals surface area contributed by atoms with E-state index < -0.39 is 9.84 Å². The Labute approximate surface area is 134 Å². The van der Waals surface area contributed by atoms with E-state index >= 15 is 0 Å². The Morgan fingerprint density at radius 1 is 1.35 bits per heavy atom. The van der Waals surface area contributed by atoms with Crippen molar-refractivity contribution in [1.82, 2.24) is 15.0 Å². The van der Waals surface area contributed by atoms with Crippen molar-refractivity contribution in [3.63, 3.8) is 0 Å². The molecular formula is C15H19N3O4S. The minimum atomic E-state index is -3.02. The van der Waals surface area contributed by atoms with E-state index in [0.717, 1.165) is 11.4 Å². The van der Waals surface area contributed by atoms with Gasteiger partial charge in [-0.3, -0.25) is 9.36 Å². The van der Waals surface area contributed by atoms with E-state index in [4.69, 9.17) is 4.52 Å². The van der Waals surface area contributed by atoms with Crippen molar-refractivity contribution in [1.29, 1.82) is 0 Å². The molecule has 8 heteroatoms. The molecule has 1 aliphatic rings. The fraction of sp³-hybridized carbons (Fsp3) is 0.467. The van der Waals surface area contributed by atoms with Crippen molar-refractivity contribution < 1.29 is 17.7 Å². The number of nitrogens with one attached hydrogen (secondary N) is 1. The molecule has 0 aromatic carbocycles. The maximum absolute atomic E-state index is 12.5. The van der Waals surface area contributed by atoms with Gasteiger partial charge in [-0.05, 0) is 33.3 Å². The average molecular weight is 337 g/mol. The number of aryl methyl sites for hydroxylation is 2. The van der Waals surface area contributed by atoms with Crippen LogP contribution in [-0.4, -0.2) is 41.6 Å². The Balaban J connectivity index is 1.85. The molecule has 1 N–H and O–H groups in total. The van der Waals surface area contributed by atoms with Crippen molar-refractivity contribution in [3.8, 4) is 5.82 Å². The van der Waals surface area contributed by atoms with Crippen LogP contribution in [0.2, 0.25) is 0 Å². The molecule has 23 heavy (non-hydrogen) atoms. The highest BCUT2D eigenvalue weighted by Gasteiger charge is 2.30. The quantitative estimate of drug-likeness (QED) is 0.911. The minimum Gasteiger partial charge on any atom is -0.360 e. The Bertz CT molecular complexity index is 863. The van der Waals surface area contributed by atoms with Crippen molar-refractivity contribution in [3.05, 3.63) is 34.8 Å². The average Bonchev–Trinajstić information content (AvgIpc) is 3.09. The normalized spacial score (nSPS) is 19.9. The third-order valence-electron chi connectivity index (χ3n) is 4.09. The van der Waals surface area contributed by atoms with Crippen LogP contribution in [-0.2, 0) is 9.84 Å². The molecule has 1 amide bonds. The van der Waals surface area contributed by atoms with Gasteiger partial charge in [0.25, 0.3) is 5.91 Å². The first-order chi connectivity index (χ1) is 10.8. The van der Waals surface area contributed by atoms with Gasteiger partial charge in [-0.15, -0.1) is 0 Å². The van der Waals surface area contributed by atoms with Gasteiger partial charge in [-0.1, -0.05) is 5.16 Å². The Morgan fingerprint density at radius 3 is 2.65 bits per heavy atom. The zero-order valence-electron chi connectivity index (χ0n) is 13.3. The van der Waals surface area contributed by atoms with Gasteiger partial charge in [0.15, 0.2) is 15.7 Å². The number of hydrogen-bond donors (Lipinski definition) is 1. The van der Waals surface area contributed by atoms with Crippen LogP contribution in [0.1, 0.15) is 33.9 Å². The maximum Gasteiger partial charge on any atom is 0.253 e. The summed E-state index contributed by atoms with van der Waals surface area (Å²) < 4.78 is 29.9. The Hall–Kier alpha value is -2.09. The molecular weight excluding hydrogens is 318 g/mol. The maximum atomic E-state index is 12.5. The number of amides is 1. The highest BCUT2D eigenvalue weighted by Crippen LogP contribution is 2.21. The summed E-state index contributed by atoms with van der Waals surface area (Å²) in [7, 11) is -3.02. The summed E-state index contributed by atoms with van der Waals surface area (Å²) in [6, 6.07) is 3.26. The molecule has 7 nitrogen and oxygen atoms in total. The molecule has 124 valence electrons. The van der Waals surface area contributed by atoms with Crippen molar-refractivity contribution >= 4 is 15.7 Å². The molecule has 0 saturated carbocycles. The van der Waals surface area contributed by atoms with Crippen molar-refractivity contribution in [2.24, 2.45) is 0 Å². The summed E-state index contributed by atoms with van der Waals surface area (Å²) in [6.45, 7) is 5.52. The number of carbonyl (C=O) groups excluding carboxylic acids is 1. The molecule has 3 heterocycles. The number of hydrogen-bond acceptors (Lipinski definition) is 5. The Morgan fingerprint density at radius 2 is 2.09 bits per heavy atom. The van der Waals surface area contributed by atoms with E-state index in [1.54, 1.807) is 19.1 Å². The molecule has 1 aliphatic heterocycles. The third kappa shape index (κ3) is 3.03. The first-order valence-corrected chi connectivity index (χ1v) is 9.23. The van der Waals surface area contributed by atoms with Crippen molar-refractivity contribution in [2.75, 3.05) is 11.5 Å². The summed E-state index contributed by atoms with van der Waals surface area (Å²) in [5.41, 5.74) is 2.13. The summed E-state index contributed by atoms with van der Waals surface area (Å²) in [6.07, 6.45) is 0.468. The lowest BCUT2D eigenvalue weighted by Gasteiger charge is -2.11. The molecule has 2 aromatic heterocycles. The molecule has 1 atom stereocenters. The first kappa shape index (κ1) is 15.8. The second-order valence-corrected chi connectivity index (χ2v) is 8.22. The van der Waals surface area contributed by atoms with Gasteiger partial charge in [0.05, 0.1) is 17.1 Å². The lowest BCUT2D eigenvalue weighted by atomic mass is 10.2. The van der Waals surface area contributed by atoms with Gasteiger partial charge in [-0.25, -0.2) is 8.42 Å². The smallest absolute Gasteiger partial charge is 0.253 e. The zero-order valence-corrected chi connectivity index (χ0v) is 14.1. The molecule has 1 unspecified atom stereocenters. The van der Waals surface area contributed by atoms with E-state index in [-0.39, 0.29) is 23.5 Å². The molecule has 1 fully saturated rings. The topological polar surface area (TPSA) is 94.2 Å². The number of rotatable bonds is 3. The lowest BCUT2D eigenvalue weighted by molar-refractivity contribution is 0.0940. The van der Waals surface area contributed by atoms with Crippen molar-refractivity contribution in [2.45, 2.75) is 33.2 Å². The number of carbonyl (C=O) groups is 1. The van der Waals surface area contributed by atoms with Gasteiger partial charge < -0.3 is 9.84 Å². The molecule has 3 rings (SSSR count). The van der Waals surface area contributed by atoms with E-state index in [1.165, 1.54) is 0 Å². The molecule has 1 saturated heterocycles. The van der Waals surface area contributed by atoms with Gasteiger partial charge >= 0.3 is 0 Å². The predicted octanol–water partition coefficient (Wildman–Crippen LogP) is 1.31. The predicted molar refractivity (Wildman–Crippen MR) is 84.6 cm³/mol. The summed E-state index contributed by atoms with van der Waals surface area (Å²) in [4.78, 5) is 12.5. The number of sulfone groups is 1. The molecule has 0 bridgehead atoms. The van der Waals surface area contributed by atoms with Crippen LogP contribution < -0.4 is 5.32 Å². The first-order valence-electron chi connectivity index (χ1n) is 7.41. The SMILES string of the molecule is Cc1cc(-n2c(C)cc(C(=O)NC3CCS(=O)(=O)C3)c2C)no1. The minimum absolute atomic E-state index is 0.0138. The highest BCUT2D eigenvalue weighted by molar-refractivity contribution is 7.91. The van der Waals surface area contributed by atoms with Gasteiger partial charge in [0, 0.05) is 23.5 Å². The van der Waals surface area contributed by atoms with Crippen LogP contribution in [0, 0.1) is 20.8 Å². The number of aromatic nitrogens is 2. The largest absolute Gasteiger partial charge is 0.360 e.